The van der Waals surface area contributed by atoms with Crippen LogP contribution in [0.15, 0.2) is 41.4 Å². The number of rotatable bonds is 7. The predicted molar refractivity (Wildman–Crippen MR) is 117 cm³/mol. The lowest BCUT2D eigenvalue weighted by molar-refractivity contribution is -0.137. The monoisotopic (exact) mass is 448 g/mol. The average Bonchev–Trinajstić information content (AvgIpc) is 3.15. The number of halogens is 1. The molecule has 1 fully saturated rings. The van der Waals surface area contributed by atoms with Crippen LogP contribution in [-0.4, -0.2) is 43.1 Å². The highest BCUT2D eigenvalue weighted by Gasteiger charge is 2.32. The molecule has 1 saturated heterocycles. The number of nitrogens with zero attached hydrogens (tertiary/aromatic N) is 2. The normalized spacial score (nSPS) is 15.4. The average molecular weight is 449 g/mol. The molecule has 29 heavy (non-hydrogen) atoms. The summed E-state index contributed by atoms with van der Waals surface area (Å²) in [5.41, 5.74) is 1.65. The maximum atomic E-state index is 12.7. The molecule has 0 unspecified atom stereocenters. The van der Waals surface area contributed by atoms with Gasteiger partial charge < -0.3 is 9.67 Å². The van der Waals surface area contributed by atoms with Gasteiger partial charge in [0.05, 0.1) is 4.91 Å². The molecule has 150 valence electrons. The van der Waals surface area contributed by atoms with E-state index in [1.807, 2.05) is 0 Å². The third kappa shape index (κ3) is 4.95. The van der Waals surface area contributed by atoms with E-state index in [1.165, 1.54) is 16.7 Å². The van der Waals surface area contributed by atoms with Crippen LogP contribution in [0, 0.1) is 0 Å². The van der Waals surface area contributed by atoms with E-state index in [4.69, 9.17) is 28.9 Å². The fraction of sp³-hybridized carbons (Fsp3) is 0.200. The topological polar surface area (TPSA) is 79.6 Å². The molecule has 1 aliphatic heterocycles. The number of carboxylic acid groups (broad SMARTS) is 1. The lowest BCUT2D eigenvalue weighted by atomic mass is 10.1. The van der Waals surface area contributed by atoms with Gasteiger partial charge in [-0.15, -0.1) is 0 Å². The predicted octanol–water partition coefficient (Wildman–Crippen LogP) is 3.98. The maximum Gasteiger partial charge on any atom is 0.303 e. The number of aromatic nitrogens is 1. The van der Waals surface area contributed by atoms with Crippen LogP contribution < -0.4 is 0 Å². The van der Waals surface area contributed by atoms with Crippen molar-refractivity contribution in [2.45, 2.75) is 12.8 Å². The van der Waals surface area contributed by atoms with E-state index in [1.54, 1.807) is 54.2 Å². The Morgan fingerprint density at radius 2 is 2.03 bits per heavy atom. The Hall–Kier alpha value is -2.42. The van der Waals surface area contributed by atoms with Crippen molar-refractivity contribution in [2.24, 2.45) is 7.05 Å². The van der Waals surface area contributed by atoms with Crippen molar-refractivity contribution >= 4 is 63.6 Å². The fourth-order valence-electron chi connectivity index (χ4n) is 2.86. The standard InChI is InChI=1S/C20H17ClN2O4S2/c1-22-11-13(18(26)12-4-2-5-14(21)8-12)9-15(22)10-16-19(27)23(20(28)29-16)7-3-6-17(24)25/h2,4-5,8-11H,3,6-7H2,1H3,(H,24,25)/b16-10+. The minimum Gasteiger partial charge on any atom is -0.481 e. The molecule has 2 aromatic rings. The Labute approximate surface area is 182 Å². The molecule has 0 atom stereocenters. The van der Waals surface area contributed by atoms with Gasteiger partial charge in [0.1, 0.15) is 4.32 Å². The van der Waals surface area contributed by atoms with Crippen molar-refractivity contribution in [3.63, 3.8) is 0 Å². The van der Waals surface area contributed by atoms with Gasteiger partial charge in [0.2, 0.25) is 0 Å². The van der Waals surface area contributed by atoms with Crippen LogP contribution in [0.4, 0.5) is 0 Å². The second-order valence-corrected chi connectivity index (χ2v) is 8.55. The van der Waals surface area contributed by atoms with Crippen molar-refractivity contribution < 1.29 is 19.5 Å². The molecular weight excluding hydrogens is 432 g/mol. The number of amides is 1. The number of thioether (sulfide) groups is 1. The van der Waals surface area contributed by atoms with E-state index in [2.05, 4.69) is 0 Å². The molecule has 9 heteroatoms. The number of hydrogen-bond acceptors (Lipinski definition) is 5. The lowest BCUT2D eigenvalue weighted by Gasteiger charge is -2.13. The van der Waals surface area contributed by atoms with E-state index >= 15 is 0 Å². The summed E-state index contributed by atoms with van der Waals surface area (Å²) in [6, 6.07) is 8.44. The molecule has 0 aliphatic carbocycles. The molecule has 0 saturated carbocycles. The van der Waals surface area contributed by atoms with Gasteiger partial charge in [-0.1, -0.05) is 47.7 Å². The van der Waals surface area contributed by atoms with Gasteiger partial charge >= 0.3 is 5.97 Å². The highest BCUT2D eigenvalue weighted by molar-refractivity contribution is 8.26. The molecule has 1 aromatic heterocycles. The molecule has 3 rings (SSSR count). The zero-order valence-electron chi connectivity index (χ0n) is 15.4. The van der Waals surface area contributed by atoms with Crippen molar-refractivity contribution in [2.75, 3.05) is 6.54 Å². The molecule has 2 heterocycles. The van der Waals surface area contributed by atoms with E-state index < -0.39 is 5.97 Å². The van der Waals surface area contributed by atoms with Gasteiger partial charge in [0.15, 0.2) is 5.78 Å². The zero-order chi connectivity index (χ0) is 21.1. The quantitative estimate of drug-likeness (QED) is 0.392. The molecule has 1 amide bonds. The molecule has 1 aromatic carbocycles. The number of aliphatic carboxylic acids is 1. The number of aryl methyl sites for hydroxylation is 1. The van der Waals surface area contributed by atoms with E-state index in [-0.39, 0.29) is 24.7 Å². The third-order valence-corrected chi connectivity index (χ3v) is 5.93. The Morgan fingerprint density at radius 1 is 1.28 bits per heavy atom. The summed E-state index contributed by atoms with van der Waals surface area (Å²) in [4.78, 5) is 37.8. The first kappa shape index (κ1) is 21.3. The van der Waals surface area contributed by atoms with Crippen LogP contribution in [0.5, 0.6) is 0 Å². The van der Waals surface area contributed by atoms with Crippen LogP contribution in [0.25, 0.3) is 6.08 Å². The summed E-state index contributed by atoms with van der Waals surface area (Å²) in [7, 11) is 1.79. The minimum atomic E-state index is -0.910. The van der Waals surface area contributed by atoms with Crippen LogP contribution in [0.3, 0.4) is 0 Å². The first-order valence-electron chi connectivity index (χ1n) is 8.70. The summed E-state index contributed by atoms with van der Waals surface area (Å²) in [5.74, 6) is -1.33. The summed E-state index contributed by atoms with van der Waals surface area (Å²) >= 11 is 12.4. The molecule has 1 N–H and O–H groups in total. The first-order valence-corrected chi connectivity index (χ1v) is 10.3. The Bertz CT molecular complexity index is 1040. The van der Waals surface area contributed by atoms with Gasteiger partial charge in [0.25, 0.3) is 5.91 Å². The molecule has 0 bridgehead atoms. The number of carboxylic acids is 1. The lowest BCUT2D eigenvalue weighted by Crippen LogP contribution is -2.29. The number of thiocarbonyl (C=S) groups is 1. The number of benzene rings is 1. The highest BCUT2D eigenvalue weighted by atomic mass is 35.5. The molecule has 1 aliphatic rings. The van der Waals surface area contributed by atoms with E-state index in [0.717, 1.165) is 0 Å². The molecular formula is C20H17ClN2O4S2. The van der Waals surface area contributed by atoms with Crippen LogP contribution >= 0.6 is 35.6 Å². The third-order valence-electron chi connectivity index (χ3n) is 4.32. The van der Waals surface area contributed by atoms with Gasteiger partial charge in [-0.2, -0.15) is 0 Å². The molecule has 0 radical (unpaired) electrons. The van der Waals surface area contributed by atoms with Crippen molar-refractivity contribution in [3.05, 3.63) is 63.3 Å². The van der Waals surface area contributed by atoms with Crippen molar-refractivity contribution in [3.8, 4) is 0 Å². The van der Waals surface area contributed by atoms with Gasteiger partial charge in [0, 0.05) is 48.1 Å². The highest BCUT2D eigenvalue weighted by Crippen LogP contribution is 2.33. The number of hydrogen-bond donors (Lipinski definition) is 1. The van der Waals surface area contributed by atoms with E-state index in [9.17, 15) is 14.4 Å². The van der Waals surface area contributed by atoms with Crippen molar-refractivity contribution in [1.82, 2.24) is 9.47 Å². The van der Waals surface area contributed by atoms with Crippen LogP contribution in [-0.2, 0) is 16.6 Å². The smallest absolute Gasteiger partial charge is 0.303 e. The van der Waals surface area contributed by atoms with Crippen molar-refractivity contribution in [1.29, 1.82) is 0 Å². The summed E-state index contributed by atoms with van der Waals surface area (Å²) in [5, 5.41) is 9.24. The van der Waals surface area contributed by atoms with Gasteiger partial charge in [-0.25, -0.2) is 0 Å². The Kier molecular flexibility index (Phi) is 6.56. The minimum absolute atomic E-state index is 0.0249. The zero-order valence-corrected chi connectivity index (χ0v) is 17.8. The number of carbonyl (C=O) groups is 3. The van der Waals surface area contributed by atoms with Crippen LogP contribution in [0.2, 0.25) is 5.02 Å². The first-order chi connectivity index (χ1) is 13.8. The fourth-order valence-corrected chi connectivity index (χ4v) is 4.34. The summed E-state index contributed by atoms with van der Waals surface area (Å²) in [6.07, 6.45) is 3.69. The van der Waals surface area contributed by atoms with E-state index in [0.29, 0.717) is 37.5 Å². The Morgan fingerprint density at radius 3 is 2.72 bits per heavy atom. The second-order valence-electron chi connectivity index (χ2n) is 6.43. The maximum absolute atomic E-state index is 12.7. The summed E-state index contributed by atoms with van der Waals surface area (Å²) < 4.78 is 2.16. The number of carbonyl (C=O) groups excluding carboxylic acids is 2. The summed E-state index contributed by atoms with van der Waals surface area (Å²) in [6.45, 7) is 0.264. The van der Waals surface area contributed by atoms with Crippen LogP contribution in [0.1, 0.15) is 34.5 Å². The Balaban J connectivity index is 1.79. The van der Waals surface area contributed by atoms with Gasteiger partial charge in [-0.05, 0) is 30.7 Å². The molecule has 0 spiro atoms. The molecule has 6 nitrogen and oxygen atoms in total. The second kappa shape index (κ2) is 8.94. The SMILES string of the molecule is Cn1cc(C(=O)c2cccc(Cl)c2)cc1/C=C1/SC(=S)N(CCCC(=O)O)C1=O. The number of ketones is 1. The van der Waals surface area contributed by atoms with Gasteiger partial charge in [-0.3, -0.25) is 19.3 Å². The largest absolute Gasteiger partial charge is 0.481 e.